The molecule has 0 spiro atoms. The molecule has 0 unspecified atom stereocenters. The summed E-state index contributed by atoms with van der Waals surface area (Å²) in [7, 11) is 0. The van der Waals surface area contributed by atoms with E-state index in [1.807, 2.05) is 11.0 Å². The van der Waals surface area contributed by atoms with Gasteiger partial charge in [0.15, 0.2) is 0 Å². The number of carbonyl (C=O) groups is 2. The van der Waals surface area contributed by atoms with Gasteiger partial charge in [-0.05, 0) is 36.0 Å². The summed E-state index contributed by atoms with van der Waals surface area (Å²) in [5.41, 5.74) is 1.34. The molecule has 1 fully saturated rings. The molecule has 0 aromatic heterocycles. The molecule has 1 heterocycles. The van der Waals surface area contributed by atoms with E-state index in [2.05, 4.69) is 19.2 Å². The fraction of sp³-hybridized carbons (Fsp3) is 0.500. The number of carbonyl (C=O) groups excluding carboxylic acids is 1. The van der Waals surface area contributed by atoms with Crippen molar-refractivity contribution in [2.24, 2.45) is 5.41 Å². The standard InChI is InChI=1S/C16H22N2O3/c1-16(2)6-8-18(9-7-16)15(21)17-11-12-4-3-5-13(10-12)14(19)20/h3-5,10H,6-9,11H2,1-2H3,(H,17,21)(H,19,20). The number of likely N-dealkylation sites (tertiary alicyclic amines) is 1. The third-order valence-corrected chi connectivity index (χ3v) is 4.02. The molecule has 2 N–H and O–H groups in total. The number of nitrogens with zero attached hydrogens (tertiary/aromatic N) is 1. The van der Waals surface area contributed by atoms with Crippen LogP contribution < -0.4 is 5.32 Å². The number of nitrogens with one attached hydrogen (secondary N) is 1. The minimum atomic E-state index is -0.957. The Hall–Kier alpha value is -2.04. The average Bonchev–Trinajstić information content (AvgIpc) is 2.45. The third kappa shape index (κ3) is 4.21. The Balaban J connectivity index is 1.87. The maximum atomic E-state index is 12.1. The van der Waals surface area contributed by atoms with Crippen molar-refractivity contribution in [3.05, 3.63) is 35.4 Å². The van der Waals surface area contributed by atoms with Gasteiger partial charge in [0.1, 0.15) is 0 Å². The van der Waals surface area contributed by atoms with Crippen molar-refractivity contribution >= 4 is 12.0 Å². The predicted molar refractivity (Wildman–Crippen MR) is 80.2 cm³/mol. The number of amides is 2. The fourth-order valence-electron chi connectivity index (χ4n) is 2.42. The topological polar surface area (TPSA) is 69.6 Å². The SMILES string of the molecule is CC1(C)CCN(C(=O)NCc2cccc(C(=O)O)c2)CC1. The Kier molecular flexibility index (Phi) is 4.50. The zero-order chi connectivity index (χ0) is 15.5. The van der Waals surface area contributed by atoms with Crippen LogP contribution in [-0.4, -0.2) is 35.1 Å². The molecule has 0 saturated carbocycles. The van der Waals surface area contributed by atoms with Crippen molar-refractivity contribution in [2.75, 3.05) is 13.1 Å². The first-order valence-corrected chi connectivity index (χ1v) is 7.22. The van der Waals surface area contributed by atoms with Crippen LogP contribution in [0.2, 0.25) is 0 Å². The van der Waals surface area contributed by atoms with Crippen molar-refractivity contribution in [3.63, 3.8) is 0 Å². The molecule has 1 aromatic carbocycles. The van der Waals surface area contributed by atoms with Crippen molar-refractivity contribution in [1.29, 1.82) is 0 Å². The minimum Gasteiger partial charge on any atom is -0.478 e. The number of carboxylic acid groups (broad SMARTS) is 1. The van der Waals surface area contributed by atoms with Gasteiger partial charge >= 0.3 is 12.0 Å². The van der Waals surface area contributed by atoms with Gasteiger partial charge in [0.25, 0.3) is 0 Å². The van der Waals surface area contributed by atoms with Gasteiger partial charge in [0.05, 0.1) is 5.56 Å². The highest BCUT2D eigenvalue weighted by atomic mass is 16.4. The molecule has 114 valence electrons. The van der Waals surface area contributed by atoms with Crippen LogP contribution in [0.4, 0.5) is 4.79 Å². The number of rotatable bonds is 3. The van der Waals surface area contributed by atoms with Crippen LogP contribution in [0.5, 0.6) is 0 Å². The zero-order valence-corrected chi connectivity index (χ0v) is 12.6. The van der Waals surface area contributed by atoms with E-state index < -0.39 is 5.97 Å². The molecular formula is C16H22N2O3. The number of benzene rings is 1. The van der Waals surface area contributed by atoms with Gasteiger partial charge in [-0.25, -0.2) is 9.59 Å². The lowest BCUT2D eigenvalue weighted by atomic mass is 9.83. The number of aromatic carboxylic acids is 1. The predicted octanol–water partition coefficient (Wildman–Crippen LogP) is 2.72. The lowest BCUT2D eigenvalue weighted by molar-refractivity contribution is 0.0696. The molecule has 2 amide bonds. The molecule has 0 atom stereocenters. The maximum Gasteiger partial charge on any atom is 0.335 e. The van der Waals surface area contributed by atoms with E-state index in [-0.39, 0.29) is 11.6 Å². The summed E-state index contributed by atoms with van der Waals surface area (Å²) in [5, 5.41) is 11.8. The number of carboxylic acids is 1. The molecule has 0 aliphatic carbocycles. The quantitative estimate of drug-likeness (QED) is 0.899. The second-order valence-electron chi connectivity index (χ2n) is 6.32. The number of hydrogen-bond donors (Lipinski definition) is 2. The van der Waals surface area contributed by atoms with Gasteiger partial charge in [-0.2, -0.15) is 0 Å². The largest absolute Gasteiger partial charge is 0.478 e. The van der Waals surface area contributed by atoms with E-state index in [0.29, 0.717) is 12.0 Å². The second-order valence-corrected chi connectivity index (χ2v) is 6.32. The van der Waals surface area contributed by atoms with E-state index in [4.69, 9.17) is 5.11 Å². The van der Waals surface area contributed by atoms with Gasteiger partial charge in [-0.15, -0.1) is 0 Å². The summed E-state index contributed by atoms with van der Waals surface area (Å²) in [4.78, 5) is 24.8. The van der Waals surface area contributed by atoms with Crippen LogP contribution in [0.15, 0.2) is 24.3 Å². The maximum absolute atomic E-state index is 12.1. The number of piperidine rings is 1. The van der Waals surface area contributed by atoms with Crippen LogP contribution >= 0.6 is 0 Å². The summed E-state index contributed by atoms with van der Waals surface area (Å²) in [5.74, 6) is -0.957. The van der Waals surface area contributed by atoms with Crippen molar-refractivity contribution in [2.45, 2.75) is 33.2 Å². The highest BCUT2D eigenvalue weighted by Gasteiger charge is 2.27. The van der Waals surface area contributed by atoms with E-state index in [9.17, 15) is 9.59 Å². The van der Waals surface area contributed by atoms with Crippen molar-refractivity contribution in [3.8, 4) is 0 Å². The van der Waals surface area contributed by atoms with Crippen LogP contribution in [0, 0.1) is 5.41 Å². The summed E-state index contributed by atoms with van der Waals surface area (Å²) in [6, 6.07) is 6.55. The van der Waals surface area contributed by atoms with Gasteiger partial charge in [0.2, 0.25) is 0 Å². The Labute approximate surface area is 125 Å². The Bertz CT molecular complexity index is 530. The molecule has 1 aliphatic heterocycles. The molecule has 2 rings (SSSR count). The van der Waals surface area contributed by atoms with E-state index in [1.54, 1.807) is 18.2 Å². The highest BCUT2D eigenvalue weighted by molar-refractivity contribution is 5.87. The molecule has 1 aromatic rings. The molecular weight excluding hydrogens is 268 g/mol. The van der Waals surface area contributed by atoms with Gasteiger partial charge in [-0.3, -0.25) is 0 Å². The first-order chi connectivity index (χ1) is 9.87. The lowest BCUT2D eigenvalue weighted by Gasteiger charge is -2.36. The van der Waals surface area contributed by atoms with Gasteiger partial charge in [0, 0.05) is 19.6 Å². The molecule has 1 saturated heterocycles. The zero-order valence-electron chi connectivity index (χ0n) is 12.6. The Morgan fingerprint density at radius 2 is 1.95 bits per heavy atom. The van der Waals surface area contributed by atoms with E-state index in [1.165, 1.54) is 0 Å². The molecule has 0 radical (unpaired) electrons. The normalized spacial score (nSPS) is 17.3. The Morgan fingerprint density at radius 3 is 2.57 bits per heavy atom. The second kappa shape index (κ2) is 6.16. The van der Waals surface area contributed by atoms with E-state index in [0.717, 1.165) is 31.5 Å². The third-order valence-electron chi connectivity index (χ3n) is 4.02. The monoisotopic (exact) mass is 290 g/mol. The molecule has 0 bridgehead atoms. The minimum absolute atomic E-state index is 0.0776. The molecule has 1 aliphatic rings. The summed E-state index contributed by atoms with van der Waals surface area (Å²) in [6.45, 7) is 6.33. The average molecular weight is 290 g/mol. The molecule has 5 nitrogen and oxygen atoms in total. The van der Waals surface area contributed by atoms with Gasteiger partial charge in [-0.1, -0.05) is 26.0 Å². The van der Waals surface area contributed by atoms with Crippen molar-refractivity contribution < 1.29 is 14.7 Å². The Morgan fingerprint density at radius 1 is 1.29 bits per heavy atom. The lowest BCUT2D eigenvalue weighted by Crippen LogP contribution is -2.45. The number of hydrogen-bond acceptors (Lipinski definition) is 2. The number of urea groups is 1. The van der Waals surface area contributed by atoms with Crippen molar-refractivity contribution in [1.82, 2.24) is 10.2 Å². The summed E-state index contributed by atoms with van der Waals surface area (Å²) in [6.07, 6.45) is 2.02. The van der Waals surface area contributed by atoms with Crippen LogP contribution in [0.1, 0.15) is 42.6 Å². The smallest absolute Gasteiger partial charge is 0.335 e. The summed E-state index contributed by atoms with van der Waals surface area (Å²) >= 11 is 0. The van der Waals surface area contributed by atoms with Gasteiger partial charge < -0.3 is 15.3 Å². The molecule has 5 heteroatoms. The molecule has 21 heavy (non-hydrogen) atoms. The fourth-order valence-corrected chi connectivity index (χ4v) is 2.42. The highest BCUT2D eigenvalue weighted by Crippen LogP contribution is 2.29. The first kappa shape index (κ1) is 15.4. The van der Waals surface area contributed by atoms with Crippen LogP contribution in [-0.2, 0) is 6.54 Å². The van der Waals surface area contributed by atoms with Crippen LogP contribution in [0.25, 0.3) is 0 Å². The van der Waals surface area contributed by atoms with Crippen LogP contribution in [0.3, 0.4) is 0 Å². The van der Waals surface area contributed by atoms with E-state index >= 15 is 0 Å². The summed E-state index contributed by atoms with van der Waals surface area (Å²) < 4.78 is 0. The first-order valence-electron chi connectivity index (χ1n) is 7.22.